The number of carbonyl (C=O) groups excluding carboxylic acids is 1. The summed E-state index contributed by atoms with van der Waals surface area (Å²) in [7, 11) is 1.54. The molecule has 0 fully saturated rings. The molecule has 1 aromatic carbocycles. The maximum atomic E-state index is 12.5. The Labute approximate surface area is 147 Å². The molecule has 1 aromatic heterocycles. The van der Waals surface area contributed by atoms with Crippen molar-refractivity contribution in [3.63, 3.8) is 0 Å². The minimum Gasteiger partial charge on any atom is -0.495 e. The first-order valence-electron chi connectivity index (χ1n) is 7.75. The van der Waals surface area contributed by atoms with Gasteiger partial charge in [-0.3, -0.25) is 9.78 Å². The Morgan fingerprint density at radius 1 is 1.29 bits per heavy atom. The zero-order valence-corrected chi connectivity index (χ0v) is 15.1. The molecule has 6 heteroatoms. The monoisotopic (exact) mass is 347 g/mol. The minimum atomic E-state index is -0.254. The summed E-state index contributed by atoms with van der Waals surface area (Å²) in [5.74, 6) is 0.764. The number of hydrogen-bond acceptors (Lipinski definition) is 4. The highest BCUT2D eigenvalue weighted by Gasteiger charge is 2.13. The molecule has 1 amide bonds. The van der Waals surface area contributed by atoms with E-state index < -0.39 is 0 Å². The van der Waals surface area contributed by atoms with E-state index in [2.05, 4.69) is 29.5 Å². The Bertz CT molecular complexity index is 732. The standard InChI is InChI=1S/C18H22ClN3O2/c1-11(2)8-21-14-6-13(9-20-10-14)18(23)22-16-5-12(3)15(19)7-17(16)24-4/h5-7,9-11,21H,8H2,1-4H3,(H,22,23). The zero-order chi connectivity index (χ0) is 17.7. The third kappa shape index (κ3) is 4.61. The topological polar surface area (TPSA) is 63.2 Å². The highest BCUT2D eigenvalue weighted by atomic mass is 35.5. The Kier molecular flexibility index (Phi) is 6.04. The summed E-state index contributed by atoms with van der Waals surface area (Å²) in [5, 5.41) is 6.69. The van der Waals surface area contributed by atoms with Gasteiger partial charge in [-0.15, -0.1) is 0 Å². The maximum Gasteiger partial charge on any atom is 0.257 e. The van der Waals surface area contributed by atoms with Crippen molar-refractivity contribution in [3.8, 4) is 5.75 Å². The van der Waals surface area contributed by atoms with Crippen LogP contribution in [-0.4, -0.2) is 24.5 Å². The Balaban J connectivity index is 2.18. The first-order valence-corrected chi connectivity index (χ1v) is 8.13. The second-order valence-electron chi connectivity index (χ2n) is 5.99. The van der Waals surface area contributed by atoms with Gasteiger partial charge in [0.25, 0.3) is 5.91 Å². The maximum absolute atomic E-state index is 12.5. The first kappa shape index (κ1) is 18.1. The van der Waals surface area contributed by atoms with Crippen LogP contribution in [0, 0.1) is 12.8 Å². The molecule has 2 aromatic rings. The van der Waals surface area contributed by atoms with E-state index in [9.17, 15) is 4.79 Å². The van der Waals surface area contributed by atoms with Crippen molar-refractivity contribution in [2.24, 2.45) is 5.92 Å². The molecule has 2 N–H and O–H groups in total. The number of nitrogens with zero attached hydrogens (tertiary/aromatic N) is 1. The predicted octanol–water partition coefficient (Wildman–Crippen LogP) is 4.37. The number of rotatable bonds is 6. The SMILES string of the molecule is COc1cc(Cl)c(C)cc1NC(=O)c1cncc(NCC(C)C)c1. The fourth-order valence-electron chi connectivity index (χ4n) is 2.11. The molecule has 0 aliphatic heterocycles. The van der Waals surface area contributed by atoms with Crippen LogP contribution in [0.2, 0.25) is 5.02 Å². The Morgan fingerprint density at radius 2 is 2.04 bits per heavy atom. The first-order chi connectivity index (χ1) is 11.4. The summed E-state index contributed by atoms with van der Waals surface area (Å²) in [5.41, 5.74) is 2.72. The van der Waals surface area contributed by atoms with E-state index in [1.54, 1.807) is 24.4 Å². The number of methoxy groups -OCH3 is 1. The van der Waals surface area contributed by atoms with Crippen LogP contribution in [0.15, 0.2) is 30.6 Å². The molecular formula is C18H22ClN3O2. The van der Waals surface area contributed by atoms with E-state index in [1.807, 2.05) is 6.92 Å². The number of halogens is 1. The van der Waals surface area contributed by atoms with Crippen LogP contribution in [0.25, 0.3) is 0 Å². The normalized spacial score (nSPS) is 10.6. The van der Waals surface area contributed by atoms with Crippen LogP contribution in [0.4, 0.5) is 11.4 Å². The molecule has 2 rings (SSSR count). The van der Waals surface area contributed by atoms with Crippen LogP contribution < -0.4 is 15.4 Å². The van der Waals surface area contributed by atoms with E-state index in [1.165, 1.54) is 13.3 Å². The van der Waals surface area contributed by atoms with Crippen molar-refractivity contribution >= 4 is 28.9 Å². The summed E-state index contributed by atoms with van der Waals surface area (Å²) in [6, 6.07) is 5.25. The lowest BCUT2D eigenvalue weighted by molar-refractivity contribution is 0.102. The second kappa shape index (κ2) is 8.02. The van der Waals surface area contributed by atoms with Crippen LogP contribution in [-0.2, 0) is 0 Å². The summed E-state index contributed by atoms with van der Waals surface area (Å²) >= 11 is 6.09. The van der Waals surface area contributed by atoms with Crippen molar-refractivity contribution in [1.82, 2.24) is 4.98 Å². The fourth-order valence-corrected chi connectivity index (χ4v) is 2.26. The smallest absolute Gasteiger partial charge is 0.257 e. The van der Waals surface area contributed by atoms with Gasteiger partial charge in [0.15, 0.2) is 0 Å². The molecule has 0 saturated heterocycles. The second-order valence-corrected chi connectivity index (χ2v) is 6.40. The zero-order valence-electron chi connectivity index (χ0n) is 14.3. The molecule has 5 nitrogen and oxygen atoms in total. The average molecular weight is 348 g/mol. The quantitative estimate of drug-likeness (QED) is 0.814. The third-order valence-electron chi connectivity index (χ3n) is 3.44. The number of ether oxygens (including phenoxy) is 1. The lowest BCUT2D eigenvalue weighted by atomic mass is 10.2. The molecule has 0 unspecified atom stereocenters. The number of amides is 1. The van der Waals surface area contributed by atoms with Crippen molar-refractivity contribution in [1.29, 1.82) is 0 Å². The highest BCUT2D eigenvalue weighted by Crippen LogP contribution is 2.31. The van der Waals surface area contributed by atoms with Gasteiger partial charge in [0.2, 0.25) is 0 Å². The molecule has 0 bridgehead atoms. The number of pyridine rings is 1. The molecule has 0 radical (unpaired) electrons. The summed E-state index contributed by atoms with van der Waals surface area (Å²) in [6.07, 6.45) is 3.23. The Morgan fingerprint density at radius 3 is 2.71 bits per heavy atom. The minimum absolute atomic E-state index is 0.254. The molecular weight excluding hydrogens is 326 g/mol. The lowest BCUT2D eigenvalue weighted by Crippen LogP contribution is -2.14. The van der Waals surface area contributed by atoms with Crippen LogP contribution in [0.3, 0.4) is 0 Å². The number of hydrogen-bond donors (Lipinski definition) is 2. The molecule has 0 saturated carbocycles. The predicted molar refractivity (Wildman–Crippen MR) is 98.3 cm³/mol. The number of aryl methyl sites for hydroxylation is 1. The van der Waals surface area contributed by atoms with Gasteiger partial charge in [0.05, 0.1) is 24.0 Å². The van der Waals surface area contributed by atoms with Crippen molar-refractivity contribution in [3.05, 3.63) is 46.7 Å². The Hall–Kier alpha value is -2.27. The van der Waals surface area contributed by atoms with Gasteiger partial charge < -0.3 is 15.4 Å². The number of aromatic nitrogens is 1. The highest BCUT2D eigenvalue weighted by molar-refractivity contribution is 6.31. The van der Waals surface area contributed by atoms with Crippen LogP contribution in [0.1, 0.15) is 29.8 Å². The van der Waals surface area contributed by atoms with E-state index >= 15 is 0 Å². The van der Waals surface area contributed by atoms with E-state index in [4.69, 9.17) is 16.3 Å². The lowest BCUT2D eigenvalue weighted by Gasteiger charge is -2.13. The molecule has 0 atom stereocenters. The van der Waals surface area contributed by atoms with Gasteiger partial charge in [0.1, 0.15) is 5.75 Å². The largest absolute Gasteiger partial charge is 0.495 e. The van der Waals surface area contributed by atoms with E-state index in [0.29, 0.717) is 27.9 Å². The van der Waals surface area contributed by atoms with Crippen molar-refractivity contribution < 1.29 is 9.53 Å². The van der Waals surface area contributed by atoms with Crippen LogP contribution >= 0.6 is 11.6 Å². The number of benzene rings is 1. The van der Waals surface area contributed by atoms with Gasteiger partial charge in [-0.1, -0.05) is 25.4 Å². The fraction of sp³-hybridized carbons (Fsp3) is 0.333. The molecule has 0 aliphatic carbocycles. The number of nitrogens with one attached hydrogen (secondary N) is 2. The average Bonchev–Trinajstić information content (AvgIpc) is 2.56. The van der Waals surface area contributed by atoms with Crippen molar-refractivity contribution in [2.45, 2.75) is 20.8 Å². The van der Waals surface area contributed by atoms with Gasteiger partial charge in [-0.25, -0.2) is 0 Å². The number of anilines is 2. The van der Waals surface area contributed by atoms with Gasteiger partial charge >= 0.3 is 0 Å². The van der Waals surface area contributed by atoms with E-state index in [-0.39, 0.29) is 5.91 Å². The summed E-state index contributed by atoms with van der Waals surface area (Å²) in [6.45, 7) is 6.92. The molecule has 0 spiro atoms. The van der Waals surface area contributed by atoms with Crippen LogP contribution in [0.5, 0.6) is 5.75 Å². The van der Waals surface area contributed by atoms with Gasteiger partial charge in [-0.05, 0) is 30.5 Å². The molecule has 0 aliphatic rings. The number of carbonyl (C=O) groups is 1. The summed E-state index contributed by atoms with van der Waals surface area (Å²) < 4.78 is 5.28. The van der Waals surface area contributed by atoms with E-state index in [0.717, 1.165) is 17.8 Å². The van der Waals surface area contributed by atoms with Gasteiger partial charge in [0, 0.05) is 30.0 Å². The molecule has 24 heavy (non-hydrogen) atoms. The molecule has 1 heterocycles. The molecule has 128 valence electrons. The van der Waals surface area contributed by atoms with Crippen molar-refractivity contribution in [2.75, 3.05) is 24.3 Å². The third-order valence-corrected chi connectivity index (χ3v) is 3.85. The van der Waals surface area contributed by atoms with Gasteiger partial charge in [-0.2, -0.15) is 0 Å². The summed E-state index contributed by atoms with van der Waals surface area (Å²) in [4.78, 5) is 16.6.